The molecular weight excluding hydrogens is 264 g/mol. The van der Waals surface area contributed by atoms with Gasteiger partial charge in [-0.05, 0) is 31.4 Å². The number of aromatic nitrogens is 1. The minimum atomic E-state index is -0.736. The molecule has 0 saturated heterocycles. The highest BCUT2D eigenvalue weighted by Gasteiger charge is 2.31. The van der Waals surface area contributed by atoms with Crippen LogP contribution in [0.1, 0.15) is 48.7 Å². The van der Waals surface area contributed by atoms with Crippen LogP contribution in [-0.2, 0) is 6.42 Å². The smallest absolute Gasteiger partial charge is 0.251 e. The van der Waals surface area contributed by atoms with Gasteiger partial charge in [0.15, 0.2) is 0 Å². The normalized spacial score (nSPS) is 17.4. The van der Waals surface area contributed by atoms with Crippen molar-refractivity contribution in [2.75, 3.05) is 6.54 Å². The van der Waals surface area contributed by atoms with E-state index < -0.39 is 5.60 Å². The number of aliphatic hydroxyl groups is 1. The second kappa shape index (κ2) is 5.88. The molecule has 4 nitrogen and oxygen atoms in total. The second-order valence-corrected chi connectivity index (χ2v) is 5.52. The molecule has 1 saturated carbocycles. The molecule has 0 aliphatic heterocycles. The average molecular weight is 283 g/mol. The molecule has 1 aromatic heterocycles. The second-order valence-electron chi connectivity index (χ2n) is 5.14. The van der Waals surface area contributed by atoms with Crippen LogP contribution in [0.15, 0.2) is 12.1 Å². The monoisotopic (exact) mass is 282 g/mol. The Bertz CT molecular complexity index is 471. The fourth-order valence-corrected chi connectivity index (χ4v) is 2.65. The van der Waals surface area contributed by atoms with Crippen LogP contribution in [0.25, 0.3) is 0 Å². The van der Waals surface area contributed by atoms with Gasteiger partial charge in [0.1, 0.15) is 5.15 Å². The summed E-state index contributed by atoms with van der Waals surface area (Å²) in [5.41, 5.74) is 0.552. The predicted molar refractivity (Wildman–Crippen MR) is 74.4 cm³/mol. The quantitative estimate of drug-likeness (QED) is 0.833. The van der Waals surface area contributed by atoms with E-state index in [4.69, 9.17) is 11.6 Å². The van der Waals surface area contributed by atoms with Crippen LogP contribution in [0.2, 0.25) is 5.15 Å². The fraction of sp³-hybridized carbons (Fsp3) is 0.571. The van der Waals surface area contributed by atoms with Gasteiger partial charge in [0, 0.05) is 17.8 Å². The van der Waals surface area contributed by atoms with Crippen LogP contribution in [0.4, 0.5) is 0 Å². The van der Waals surface area contributed by atoms with Crippen molar-refractivity contribution >= 4 is 17.5 Å². The summed E-state index contributed by atoms with van der Waals surface area (Å²) in [5.74, 6) is -0.209. The van der Waals surface area contributed by atoms with E-state index in [-0.39, 0.29) is 5.91 Å². The largest absolute Gasteiger partial charge is 0.388 e. The van der Waals surface area contributed by atoms with Gasteiger partial charge in [-0.25, -0.2) is 4.98 Å². The van der Waals surface area contributed by atoms with E-state index in [1.54, 1.807) is 12.1 Å². The van der Waals surface area contributed by atoms with Gasteiger partial charge in [-0.1, -0.05) is 31.4 Å². The SMILES string of the molecule is CCc1cc(C(=O)NCC2(O)CCCC2)cc(Cl)n1. The molecule has 5 heteroatoms. The van der Waals surface area contributed by atoms with Crippen molar-refractivity contribution in [3.63, 3.8) is 0 Å². The lowest BCUT2D eigenvalue weighted by molar-refractivity contribution is 0.0449. The maximum Gasteiger partial charge on any atom is 0.251 e. The third-order valence-electron chi connectivity index (χ3n) is 3.58. The standard InChI is InChI=1S/C14H19ClN2O2/c1-2-11-7-10(8-12(15)17-11)13(18)16-9-14(19)5-3-4-6-14/h7-8,19H,2-6,9H2,1H3,(H,16,18). The van der Waals surface area contributed by atoms with Gasteiger partial charge in [-0.15, -0.1) is 0 Å². The minimum Gasteiger partial charge on any atom is -0.388 e. The molecule has 0 radical (unpaired) electrons. The number of halogens is 1. The Morgan fingerprint density at radius 1 is 1.47 bits per heavy atom. The summed E-state index contributed by atoms with van der Waals surface area (Å²) in [7, 11) is 0. The number of pyridine rings is 1. The van der Waals surface area contributed by atoms with E-state index in [2.05, 4.69) is 10.3 Å². The molecule has 19 heavy (non-hydrogen) atoms. The van der Waals surface area contributed by atoms with Crippen LogP contribution in [0, 0.1) is 0 Å². The Labute approximate surface area is 118 Å². The molecule has 0 aromatic carbocycles. The summed E-state index contributed by atoms with van der Waals surface area (Å²) < 4.78 is 0. The highest BCUT2D eigenvalue weighted by Crippen LogP contribution is 2.28. The first-order valence-electron chi connectivity index (χ1n) is 6.69. The van der Waals surface area contributed by atoms with Gasteiger partial charge in [0.2, 0.25) is 0 Å². The summed E-state index contributed by atoms with van der Waals surface area (Å²) in [6.07, 6.45) is 4.28. The van der Waals surface area contributed by atoms with Gasteiger partial charge in [-0.3, -0.25) is 4.79 Å². The zero-order chi connectivity index (χ0) is 13.9. The van der Waals surface area contributed by atoms with Crippen LogP contribution in [0.3, 0.4) is 0 Å². The number of hydrogen-bond donors (Lipinski definition) is 2. The first kappa shape index (κ1) is 14.3. The van der Waals surface area contributed by atoms with Gasteiger partial charge in [0.25, 0.3) is 5.91 Å². The fourth-order valence-electron chi connectivity index (χ4n) is 2.42. The van der Waals surface area contributed by atoms with Gasteiger partial charge < -0.3 is 10.4 Å². The van der Waals surface area contributed by atoms with E-state index in [1.165, 1.54) is 0 Å². The predicted octanol–water partition coefficient (Wildman–Crippen LogP) is 2.33. The average Bonchev–Trinajstić information content (AvgIpc) is 2.82. The summed E-state index contributed by atoms with van der Waals surface area (Å²) in [6.45, 7) is 2.26. The molecule has 0 spiro atoms. The van der Waals surface area contributed by atoms with Crippen molar-refractivity contribution < 1.29 is 9.90 Å². The molecule has 0 unspecified atom stereocenters. The molecule has 0 bridgehead atoms. The summed E-state index contributed by atoms with van der Waals surface area (Å²) in [5, 5.41) is 13.3. The molecule has 1 heterocycles. The summed E-state index contributed by atoms with van der Waals surface area (Å²) in [6, 6.07) is 3.29. The molecule has 1 aromatic rings. The lowest BCUT2D eigenvalue weighted by Crippen LogP contribution is -2.40. The van der Waals surface area contributed by atoms with E-state index in [0.717, 1.165) is 37.8 Å². The number of amides is 1. The topological polar surface area (TPSA) is 62.2 Å². The third kappa shape index (κ3) is 3.67. The number of nitrogens with one attached hydrogen (secondary N) is 1. The number of aryl methyl sites for hydroxylation is 1. The first-order valence-corrected chi connectivity index (χ1v) is 7.07. The number of carbonyl (C=O) groups excluding carboxylic acids is 1. The van der Waals surface area contributed by atoms with Crippen LogP contribution in [0.5, 0.6) is 0 Å². The van der Waals surface area contributed by atoms with Crippen LogP contribution in [-0.4, -0.2) is 28.1 Å². The Kier molecular flexibility index (Phi) is 4.42. The maximum atomic E-state index is 12.1. The molecule has 0 atom stereocenters. The zero-order valence-electron chi connectivity index (χ0n) is 11.1. The van der Waals surface area contributed by atoms with Crippen molar-refractivity contribution in [2.45, 2.75) is 44.6 Å². The minimum absolute atomic E-state index is 0.209. The molecule has 1 aliphatic carbocycles. The van der Waals surface area contributed by atoms with Crippen LogP contribution >= 0.6 is 11.6 Å². The lowest BCUT2D eigenvalue weighted by atomic mass is 10.0. The Morgan fingerprint density at radius 2 is 2.16 bits per heavy atom. The molecule has 2 rings (SSSR count). The molecule has 104 valence electrons. The molecule has 1 fully saturated rings. The van der Waals surface area contributed by atoms with Gasteiger partial charge >= 0.3 is 0 Å². The lowest BCUT2D eigenvalue weighted by Gasteiger charge is -2.22. The van der Waals surface area contributed by atoms with E-state index >= 15 is 0 Å². The van der Waals surface area contributed by atoms with E-state index in [9.17, 15) is 9.90 Å². The third-order valence-corrected chi connectivity index (χ3v) is 3.78. The molecule has 2 N–H and O–H groups in total. The number of hydrogen-bond acceptors (Lipinski definition) is 3. The van der Waals surface area contributed by atoms with E-state index in [0.29, 0.717) is 17.3 Å². The van der Waals surface area contributed by atoms with Crippen molar-refractivity contribution in [2.24, 2.45) is 0 Å². The van der Waals surface area contributed by atoms with Gasteiger partial charge in [0.05, 0.1) is 5.60 Å². The molecule has 1 aliphatic rings. The molecular formula is C14H19ClN2O2. The summed E-state index contributed by atoms with van der Waals surface area (Å²) in [4.78, 5) is 16.2. The maximum absolute atomic E-state index is 12.1. The highest BCUT2D eigenvalue weighted by molar-refractivity contribution is 6.29. The van der Waals surface area contributed by atoms with E-state index in [1.807, 2.05) is 6.92 Å². The van der Waals surface area contributed by atoms with Crippen molar-refractivity contribution in [3.05, 3.63) is 28.5 Å². The van der Waals surface area contributed by atoms with Crippen LogP contribution < -0.4 is 5.32 Å². The Balaban J connectivity index is 2.01. The number of nitrogens with zero attached hydrogens (tertiary/aromatic N) is 1. The number of rotatable bonds is 4. The molecule has 1 amide bonds. The number of carbonyl (C=O) groups is 1. The van der Waals surface area contributed by atoms with Crippen molar-refractivity contribution in [1.29, 1.82) is 0 Å². The van der Waals surface area contributed by atoms with Gasteiger partial charge in [-0.2, -0.15) is 0 Å². The van der Waals surface area contributed by atoms with Crippen molar-refractivity contribution in [3.8, 4) is 0 Å². The Hall–Kier alpha value is -1.13. The summed E-state index contributed by atoms with van der Waals surface area (Å²) >= 11 is 5.89. The first-order chi connectivity index (χ1) is 9.02. The highest BCUT2D eigenvalue weighted by atomic mass is 35.5. The Morgan fingerprint density at radius 3 is 2.79 bits per heavy atom. The zero-order valence-corrected chi connectivity index (χ0v) is 11.8. The van der Waals surface area contributed by atoms with Crippen molar-refractivity contribution in [1.82, 2.24) is 10.3 Å².